The molecule has 15 heavy (non-hydrogen) atoms. The Balaban J connectivity index is 3.24. The zero-order valence-corrected chi connectivity index (χ0v) is 9.92. The zero-order valence-electron chi connectivity index (χ0n) is 8.34. The van der Waals surface area contributed by atoms with Crippen LogP contribution < -0.4 is 10.5 Å². The van der Waals surface area contributed by atoms with Gasteiger partial charge in [-0.05, 0) is 12.1 Å². The lowest BCUT2D eigenvalue weighted by Crippen LogP contribution is -2.17. The number of ether oxygens (including phenoxy) is 1. The summed E-state index contributed by atoms with van der Waals surface area (Å²) in [4.78, 5) is 0. The molecule has 0 aliphatic heterocycles. The number of aliphatic hydroxyl groups is 1. The second kappa shape index (κ2) is 5.44. The molecule has 5 heteroatoms. The molecule has 0 heterocycles. The van der Waals surface area contributed by atoms with Gasteiger partial charge in [-0.1, -0.05) is 15.9 Å². The number of methoxy groups -OCH3 is 1. The standard InChI is InChI=1S/C10H13BrFNO2/c1-15-10-8(6(4-13)5-14)2-7(11)3-9(10)12/h2-3,6,14H,4-5,13H2,1H3. The zero-order chi connectivity index (χ0) is 11.4. The summed E-state index contributed by atoms with van der Waals surface area (Å²) in [6.07, 6.45) is 0. The van der Waals surface area contributed by atoms with E-state index in [1.807, 2.05) is 0 Å². The minimum atomic E-state index is -0.464. The Labute approximate surface area is 96.2 Å². The number of aliphatic hydroxyl groups excluding tert-OH is 1. The highest BCUT2D eigenvalue weighted by Gasteiger charge is 2.18. The van der Waals surface area contributed by atoms with Crippen LogP contribution in [0.5, 0.6) is 5.75 Å². The van der Waals surface area contributed by atoms with E-state index in [9.17, 15) is 4.39 Å². The number of halogens is 2. The van der Waals surface area contributed by atoms with Crippen LogP contribution in [0.25, 0.3) is 0 Å². The molecule has 0 aliphatic rings. The largest absolute Gasteiger partial charge is 0.493 e. The predicted octanol–water partition coefficient (Wildman–Crippen LogP) is 1.63. The first-order valence-corrected chi connectivity index (χ1v) is 5.27. The molecule has 0 spiro atoms. The summed E-state index contributed by atoms with van der Waals surface area (Å²) in [5.41, 5.74) is 6.06. The predicted molar refractivity (Wildman–Crippen MR) is 59.5 cm³/mol. The molecule has 0 amide bonds. The highest BCUT2D eigenvalue weighted by atomic mass is 79.9. The van der Waals surface area contributed by atoms with E-state index in [-0.39, 0.29) is 24.8 Å². The number of hydrogen-bond donors (Lipinski definition) is 2. The van der Waals surface area contributed by atoms with Crippen LogP contribution in [0.1, 0.15) is 11.5 Å². The van der Waals surface area contributed by atoms with Crippen LogP contribution in [0, 0.1) is 5.82 Å². The Hall–Kier alpha value is -0.650. The number of rotatable bonds is 4. The molecule has 1 atom stereocenters. The summed E-state index contributed by atoms with van der Waals surface area (Å²) >= 11 is 3.18. The van der Waals surface area contributed by atoms with Crippen molar-refractivity contribution in [3.8, 4) is 5.75 Å². The van der Waals surface area contributed by atoms with Crippen molar-refractivity contribution in [2.45, 2.75) is 5.92 Å². The summed E-state index contributed by atoms with van der Waals surface area (Å²) in [6.45, 7) is 0.103. The van der Waals surface area contributed by atoms with Gasteiger partial charge < -0.3 is 15.6 Å². The lowest BCUT2D eigenvalue weighted by Gasteiger charge is -2.16. The van der Waals surface area contributed by atoms with Gasteiger partial charge in [-0.2, -0.15) is 0 Å². The fourth-order valence-corrected chi connectivity index (χ4v) is 1.85. The molecule has 0 aromatic heterocycles. The quantitative estimate of drug-likeness (QED) is 0.880. The Morgan fingerprint density at radius 3 is 2.73 bits per heavy atom. The third-order valence-electron chi connectivity index (χ3n) is 2.19. The number of nitrogens with two attached hydrogens (primary N) is 1. The normalized spacial score (nSPS) is 12.6. The molecule has 0 saturated heterocycles. The second-order valence-electron chi connectivity index (χ2n) is 3.13. The van der Waals surface area contributed by atoms with Crippen LogP contribution in [-0.4, -0.2) is 25.4 Å². The van der Waals surface area contributed by atoms with Gasteiger partial charge >= 0.3 is 0 Å². The summed E-state index contributed by atoms with van der Waals surface area (Å²) in [6, 6.07) is 3.02. The van der Waals surface area contributed by atoms with E-state index in [2.05, 4.69) is 15.9 Å². The second-order valence-corrected chi connectivity index (χ2v) is 4.04. The monoisotopic (exact) mass is 277 g/mol. The van der Waals surface area contributed by atoms with Crippen molar-refractivity contribution in [3.05, 3.63) is 28.0 Å². The molecule has 3 nitrogen and oxygen atoms in total. The Morgan fingerprint density at radius 1 is 1.60 bits per heavy atom. The minimum Gasteiger partial charge on any atom is -0.493 e. The molecule has 0 saturated carbocycles. The lowest BCUT2D eigenvalue weighted by molar-refractivity contribution is 0.263. The van der Waals surface area contributed by atoms with Crippen LogP contribution in [0.15, 0.2) is 16.6 Å². The maximum absolute atomic E-state index is 13.5. The molecule has 1 aromatic rings. The summed E-state index contributed by atoms with van der Waals surface area (Å²) < 4.78 is 19.0. The Kier molecular flexibility index (Phi) is 4.50. The van der Waals surface area contributed by atoms with E-state index in [1.165, 1.54) is 13.2 Å². The maximum atomic E-state index is 13.5. The third-order valence-corrected chi connectivity index (χ3v) is 2.64. The SMILES string of the molecule is COc1c(F)cc(Br)cc1C(CN)CO. The third kappa shape index (κ3) is 2.68. The van der Waals surface area contributed by atoms with Gasteiger partial charge in [0.25, 0.3) is 0 Å². The summed E-state index contributed by atoms with van der Waals surface area (Å²) in [5, 5.41) is 9.11. The van der Waals surface area contributed by atoms with Crippen LogP contribution >= 0.6 is 15.9 Å². The highest BCUT2D eigenvalue weighted by molar-refractivity contribution is 9.10. The molecule has 0 aliphatic carbocycles. The van der Waals surface area contributed by atoms with E-state index < -0.39 is 5.82 Å². The number of benzene rings is 1. The maximum Gasteiger partial charge on any atom is 0.166 e. The molecule has 0 fully saturated rings. The van der Waals surface area contributed by atoms with Gasteiger partial charge in [-0.15, -0.1) is 0 Å². The van der Waals surface area contributed by atoms with Crippen molar-refractivity contribution < 1.29 is 14.2 Å². The highest BCUT2D eigenvalue weighted by Crippen LogP contribution is 2.32. The van der Waals surface area contributed by atoms with E-state index in [4.69, 9.17) is 15.6 Å². The van der Waals surface area contributed by atoms with Gasteiger partial charge in [0.15, 0.2) is 11.6 Å². The molecular formula is C10H13BrFNO2. The summed E-state index contributed by atoms with van der Waals surface area (Å²) in [7, 11) is 1.39. The van der Waals surface area contributed by atoms with Crippen molar-refractivity contribution >= 4 is 15.9 Å². The Bertz CT molecular complexity index is 342. The van der Waals surface area contributed by atoms with Gasteiger partial charge in [-0.25, -0.2) is 4.39 Å². The molecule has 84 valence electrons. The van der Waals surface area contributed by atoms with Crippen LogP contribution in [0.2, 0.25) is 0 Å². The molecule has 1 unspecified atom stereocenters. The Morgan fingerprint density at radius 2 is 2.27 bits per heavy atom. The van der Waals surface area contributed by atoms with E-state index >= 15 is 0 Å². The molecule has 0 radical (unpaired) electrons. The smallest absolute Gasteiger partial charge is 0.166 e. The molecular weight excluding hydrogens is 265 g/mol. The topological polar surface area (TPSA) is 55.5 Å². The first-order chi connectivity index (χ1) is 7.13. The fourth-order valence-electron chi connectivity index (χ4n) is 1.40. The first-order valence-electron chi connectivity index (χ1n) is 4.47. The van der Waals surface area contributed by atoms with Gasteiger partial charge in [-0.3, -0.25) is 0 Å². The first kappa shape index (κ1) is 12.4. The van der Waals surface area contributed by atoms with Gasteiger partial charge in [0.05, 0.1) is 13.7 Å². The van der Waals surface area contributed by atoms with Gasteiger partial charge in [0, 0.05) is 22.5 Å². The van der Waals surface area contributed by atoms with E-state index in [0.29, 0.717) is 10.0 Å². The fraction of sp³-hybridized carbons (Fsp3) is 0.400. The molecule has 1 rings (SSSR count). The van der Waals surface area contributed by atoms with Crippen molar-refractivity contribution in [2.75, 3.05) is 20.3 Å². The molecule has 1 aromatic carbocycles. The molecule has 3 N–H and O–H groups in total. The molecule has 0 bridgehead atoms. The summed E-state index contributed by atoms with van der Waals surface area (Å²) in [5.74, 6) is -0.636. The van der Waals surface area contributed by atoms with Crippen molar-refractivity contribution in [2.24, 2.45) is 5.73 Å². The van der Waals surface area contributed by atoms with Crippen LogP contribution in [-0.2, 0) is 0 Å². The average Bonchev–Trinajstić information content (AvgIpc) is 2.19. The lowest BCUT2D eigenvalue weighted by atomic mass is 9.99. The van der Waals surface area contributed by atoms with Crippen LogP contribution in [0.3, 0.4) is 0 Å². The van der Waals surface area contributed by atoms with Crippen molar-refractivity contribution in [3.63, 3.8) is 0 Å². The number of hydrogen-bond acceptors (Lipinski definition) is 3. The van der Waals surface area contributed by atoms with Crippen molar-refractivity contribution in [1.29, 1.82) is 0 Å². The van der Waals surface area contributed by atoms with E-state index in [1.54, 1.807) is 6.07 Å². The van der Waals surface area contributed by atoms with E-state index in [0.717, 1.165) is 0 Å². The average molecular weight is 278 g/mol. The van der Waals surface area contributed by atoms with Crippen molar-refractivity contribution in [1.82, 2.24) is 0 Å². The minimum absolute atomic E-state index is 0.136. The van der Waals surface area contributed by atoms with Gasteiger partial charge in [0.1, 0.15) is 0 Å². The van der Waals surface area contributed by atoms with Gasteiger partial charge in [0.2, 0.25) is 0 Å². The van der Waals surface area contributed by atoms with Crippen LogP contribution in [0.4, 0.5) is 4.39 Å².